The molecule has 2 atom stereocenters. The van der Waals surface area contributed by atoms with Crippen molar-refractivity contribution in [3.63, 3.8) is 0 Å². The van der Waals surface area contributed by atoms with Crippen LogP contribution >= 0.6 is 0 Å². The van der Waals surface area contributed by atoms with Gasteiger partial charge >= 0.3 is 5.97 Å². The van der Waals surface area contributed by atoms with E-state index in [0.717, 1.165) is 0 Å². The number of rotatable bonds is 6. The highest BCUT2D eigenvalue weighted by atomic mass is 16.5. The van der Waals surface area contributed by atoms with Gasteiger partial charge in [-0.25, -0.2) is 0 Å². The molecule has 0 amide bonds. The second-order valence-electron chi connectivity index (χ2n) is 5.06. The van der Waals surface area contributed by atoms with E-state index < -0.39 is 5.54 Å². The zero-order chi connectivity index (χ0) is 14.3. The second-order valence-corrected chi connectivity index (χ2v) is 5.06. The summed E-state index contributed by atoms with van der Waals surface area (Å²) in [6.07, 6.45) is 1.17. The predicted octanol–water partition coefficient (Wildman–Crippen LogP) is 1.63. The number of esters is 1. The van der Waals surface area contributed by atoms with E-state index in [1.807, 2.05) is 0 Å². The van der Waals surface area contributed by atoms with Crippen molar-refractivity contribution < 1.29 is 14.3 Å². The fraction of sp³-hybridized carbons (Fsp3) is 0.917. The summed E-state index contributed by atoms with van der Waals surface area (Å²) in [5.41, 5.74) is 7.53. The first-order valence-corrected chi connectivity index (χ1v) is 6.51. The van der Waals surface area contributed by atoms with Crippen LogP contribution in [0.25, 0.3) is 10.4 Å². The lowest BCUT2D eigenvalue weighted by atomic mass is 9.83. The quantitative estimate of drug-likeness (QED) is 0.261. The fourth-order valence-corrected chi connectivity index (χ4v) is 2.32. The number of azide groups is 1. The van der Waals surface area contributed by atoms with Crippen LogP contribution in [0.3, 0.4) is 0 Å². The number of carbonyl (C=O) groups excluding carboxylic acids is 1. The first-order chi connectivity index (χ1) is 9.05. The molecule has 0 aliphatic carbocycles. The van der Waals surface area contributed by atoms with E-state index in [1.54, 1.807) is 0 Å². The van der Waals surface area contributed by atoms with Crippen LogP contribution in [-0.2, 0) is 14.3 Å². The summed E-state index contributed by atoms with van der Waals surface area (Å²) in [5, 5.41) is 6.65. The standard InChI is InChI=1S/C12H22N4O3/c1-9(2)10-8-12(4-7-19-10,11(17)18-3)14-5-6-15-16-13/h9-10,14H,4-8H2,1-3H3. The number of nitrogens with zero attached hydrogens (tertiary/aromatic N) is 3. The van der Waals surface area contributed by atoms with Crippen LogP contribution in [0.4, 0.5) is 0 Å². The van der Waals surface area contributed by atoms with Crippen molar-refractivity contribution in [2.75, 3.05) is 26.8 Å². The molecule has 0 saturated carbocycles. The zero-order valence-electron chi connectivity index (χ0n) is 11.8. The topological polar surface area (TPSA) is 96.3 Å². The molecule has 0 spiro atoms. The molecule has 1 N–H and O–H groups in total. The highest BCUT2D eigenvalue weighted by Crippen LogP contribution is 2.29. The van der Waals surface area contributed by atoms with Gasteiger partial charge in [0, 0.05) is 31.0 Å². The molecular weight excluding hydrogens is 248 g/mol. The minimum Gasteiger partial charge on any atom is -0.468 e. The summed E-state index contributed by atoms with van der Waals surface area (Å²) in [6, 6.07) is 0. The van der Waals surface area contributed by atoms with E-state index in [1.165, 1.54) is 7.11 Å². The number of nitrogens with one attached hydrogen (secondary N) is 1. The molecule has 0 bridgehead atoms. The summed E-state index contributed by atoms with van der Waals surface area (Å²) in [5.74, 6) is 0.0608. The molecule has 0 aromatic rings. The summed E-state index contributed by atoms with van der Waals surface area (Å²) in [4.78, 5) is 14.8. The summed E-state index contributed by atoms with van der Waals surface area (Å²) >= 11 is 0. The van der Waals surface area contributed by atoms with Crippen LogP contribution < -0.4 is 5.32 Å². The Morgan fingerprint density at radius 1 is 1.68 bits per heavy atom. The first kappa shape index (κ1) is 15.8. The molecular formula is C12H22N4O3. The molecule has 7 nitrogen and oxygen atoms in total. The van der Waals surface area contributed by atoms with Crippen molar-refractivity contribution in [3.05, 3.63) is 10.4 Å². The minimum absolute atomic E-state index is 0.0276. The van der Waals surface area contributed by atoms with Gasteiger partial charge in [0.05, 0.1) is 13.2 Å². The average molecular weight is 270 g/mol. The van der Waals surface area contributed by atoms with Gasteiger partial charge in [-0.05, 0) is 17.9 Å². The van der Waals surface area contributed by atoms with Crippen molar-refractivity contribution in [2.24, 2.45) is 11.0 Å². The second kappa shape index (κ2) is 7.33. The van der Waals surface area contributed by atoms with Gasteiger partial charge < -0.3 is 14.8 Å². The minimum atomic E-state index is -0.729. The van der Waals surface area contributed by atoms with Gasteiger partial charge in [0.25, 0.3) is 0 Å². The molecule has 1 rings (SSSR count). The molecule has 1 heterocycles. The molecule has 108 valence electrons. The third kappa shape index (κ3) is 4.09. The molecule has 0 radical (unpaired) electrons. The maximum atomic E-state index is 12.1. The van der Waals surface area contributed by atoms with Crippen LogP contribution in [0, 0.1) is 5.92 Å². The van der Waals surface area contributed by atoms with Crippen molar-refractivity contribution >= 4 is 5.97 Å². The van der Waals surface area contributed by atoms with Crippen molar-refractivity contribution in [1.29, 1.82) is 0 Å². The Bertz CT molecular complexity index is 355. The Morgan fingerprint density at radius 3 is 3.00 bits per heavy atom. The SMILES string of the molecule is COC(=O)C1(NCCN=[N+]=[N-])CCOC(C(C)C)C1. The molecule has 19 heavy (non-hydrogen) atoms. The third-order valence-electron chi connectivity index (χ3n) is 3.47. The first-order valence-electron chi connectivity index (χ1n) is 6.51. The normalized spacial score (nSPS) is 26.8. The lowest BCUT2D eigenvalue weighted by molar-refractivity contribution is -0.157. The van der Waals surface area contributed by atoms with Gasteiger partial charge in [-0.3, -0.25) is 4.79 Å². The van der Waals surface area contributed by atoms with Gasteiger partial charge in [-0.2, -0.15) is 0 Å². The monoisotopic (exact) mass is 270 g/mol. The highest BCUT2D eigenvalue weighted by Gasteiger charge is 2.44. The van der Waals surface area contributed by atoms with E-state index >= 15 is 0 Å². The lowest BCUT2D eigenvalue weighted by Crippen LogP contribution is -2.59. The van der Waals surface area contributed by atoms with E-state index in [0.29, 0.717) is 38.5 Å². The fourth-order valence-electron chi connectivity index (χ4n) is 2.32. The number of hydrogen-bond acceptors (Lipinski definition) is 5. The Kier molecular flexibility index (Phi) is 6.08. The number of carbonyl (C=O) groups is 1. The third-order valence-corrected chi connectivity index (χ3v) is 3.47. The zero-order valence-corrected chi connectivity index (χ0v) is 11.8. The maximum absolute atomic E-state index is 12.1. The Morgan fingerprint density at radius 2 is 2.42 bits per heavy atom. The molecule has 1 aliphatic heterocycles. The van der Waals surface area contributed by atoms with Crippen LogP contribution in [-0.4, -0.2) is 44.4 Å². The largest absolute Gasteiger partial charge is 0.468 e. The molecule has 1 aliphatic rings. The predicted molar refractivity (Wildman–Crippen MR) is 70.6 cm³/mol. The van der Waals surface area contributed by atoms with Gasteiger partial charge in [0.15, 0.2) is 0 Å². The summed E-state index contributed by atoms with van der Waals surface area (Å²) in [6.45, 7) is 5.41. The number of hydrogen-bond donors (Lipinski definition) is 1. The van der Waals surface area contributed by atoms with Crippen molar-refractivity contribution in [3.8, 4) is 0 Å². The smallest absolute Gasteiger partial charge is 0.326 e. The van der Waals surface area contributed by atoms with E-state index in [9.17, 15) is 4.79 Å². The van der Waals surface area contributed by atoms with Crippen LogP contribution in [0.2, 0.25) is 0 Å². The van der Waals surface area contributed by atoms with E-state index in [2.05, 4.69) is 29.2 Å². The molecule has 1 saturated heterocycles. The van der Waals surface area contributed by atoms with Crippen LogP contribution in [0.5, 0.6) is 0 Å². The van der Waals surface area contributed by atoms with Crippen LogP contribution in [0.1, 0.15) is 26.7 Å². The molecule has 0 aromatic carbocycles. The van der Waals surface area contributed by atoms with Crippen LogP contribution in [0.15, 0.2) is 5.11 Å². The Balaban J connectivity index is 2.74. The molecule has 0 aromatic heterocycles. The summed E-state index contributed by atoms with van der Waals surface area (Å²) < 4.78 is 10.6. The van der Waals surface area contributed by atoms with Gasteiger partial charge in [0.1, 0.15) is 5.54 Å². The van der Waals surface area contributed by atoms with E-state index in [4.69, 9.17) is 15.0 Å². The van der Waals surface area contributed by atoms with Gasteiger partial charge in [-0.1, -0.05) is 19.0 Å². The van der Waals surface area contributed by atoms with Gasteiger partial charge in [-0.15, -0.1) is 0 Å². The number of ether oxygens (including phenoxy) is 2. The Hall–Kier alpha value is -1.30. The average Bonchev–Trinajstić information content (AvgIpc) is 2.43. The molecule has 1 fully saturated rings. The highest BCUT2D eigenvalue weighted by molar-refractivity contribution is 5.81. The summed E-state index contributed by atoms with van der Waals surface area (Å²) in [7, 11) is 1.39. The maximum Gasteiger partial charge on any atom is 0.326 e. The number of methoxy groups -OCH3 is 1. The van der Waals surface area contributed by atoms with Gasteiger partial charge in [0.2, 0.25) is 0 Å². The Labute approximate surface area is 113 Å². The molecule has 7 heteroatoms. The molecule has 2 unspecified atom stereocenters. The van der Waals surface area contributed by atoms with Crippen molar-refractivity contribution in [1.82, 2.24) is 5.32 Å². The van der Waals surface area contributed by atoms with Crippen molar-refractivity contribution in [2.45, 2.75) is 38.3 Å². The lowest BCUT2D eigenvalue weighted by Gasteiger charge is -2.40. The van der Waals surface area contributed by atoms with E-state index in [-0.39, 0.29) is 12.1 Å².